The average Bonchev–Trinajstić information content (AvgIpc) is 2.88. The molecule has 0 aliphatic carbocycles. The number of rotatable bonds is 9. The molecule has 34 heavy (non-hydrogen) atoms. The Bertz CT molecular complexity index is 1210. The van der Waals surface area contributed by atoms with Crippen LogP contribution in [0.15, 0.2) is 65.9 Å². The van der Waals surface area contributed by atoms with Gasteiger partial charge in [0.25, 0.3) is 5.91 Å². The molecule has 1 heterocycles. The molecule has 0 aliphatic heterocycles. The van der Waals surface area contributed by atoms with Crippen LogP contribution in [-0.2, 0) is 4.79 Å². The Hall–Kier alpha value is -4.64. The number of amides is 2. The number of aromatic nitrogens is 1. The van der Waals surface area contributed by atoms with Gasteiger partial charge in [0.1, 0.15) is 17.3 Å². The maximum Gasteiger partial charge on any atom is 0.259 e. The first kappa shape index (κ1) is 24.0. The van der Waals surface area contributed by atoms with Gasteiger partial charge in [0, 0.05) is 31.0 Å². The van der Waals surface area contributed by atoms with E-state index in [0.717, 1.165) is 12.1 Å². The SMILES string of the molecule is C#Cc1ccc(NC(=O)c2cccc(OC)c2N(C=O)c2ccc(C=NN(C)CC)cc2)nc1. The van der Waals surface area contributed by atoms with Crippen LogP contribution >= 0.6 is 0 Å². The van der Waals surface area contributed by atoms with Gasteiger partial charge in [-0.15, -0.1) is 6.42 Å². The second-order valence-corrected chi connectivity index (χ2v) is 7.17. The highest BCUT2D eigenvalue weighted by Crippen LogP contribution is 2.36. The average molecular weight is 456 g/mol. The Morgan fingerprint density at radius 3 is 2.56 bits per heavy atom. The highest BCUT2D eigenvalue weighted by molar-refractivity contribution is 6.11. The molecule has 1 N–H and O–H groups in total. The minimum absolute atomic E-state index is 0.240. The number of terminal acetylenes is 1. The summed E-state index contributed by atoms with van der Waals surface area (Å²) in [6, 6.07) is 15.5. The Morgan fingerprint density at radius 1 is 1.21 bits per heavy atom. The van der Waals surface area contributed by atoms with E-state index in [2.05, 4.69) is 21.3 Å². The number of carbonyl (C=O) groups is 2. The molecule has 1 aromatic heterocycles. The van der Waals surface area contributed by atoms with E-state index < -0.39 is 5.91 Å². The molecule has 2 aromatic carbocycles. The van der Waals surface area contributed by atoms with Gasteiger partial charge in [-0.2, -0.15) is 5.10 Å². The highest BCUT2D eigenvalue weighted by atomic mass is 16.5. The van der Waals surface area contributed by atoms with Crippen LogP contribution in [0.3, 0.4) is 0 Å². The number of para-hydroxylation sites is 1. The molecule has 0 saturated carbocycles. The van der Waals surface area contributed by atoms with Gasteiger partial charge in [-0.1, -0.05) is 24.1 Å². The number of ether oxygens (including phenoxy) is 1. The summed E-state index contributed by atoms with van der Waals surface area (Å²) < 4.78 is 5.48. The summed E-state index contributed by atoms with van der Waals surface area (Å²) in [5.74, 6) is 2.72. The molecular formula is C26H25N5O3. The largest absolute Gasteiger partial charge is 0.495 e. The van der Waals surface area contributed by atoms with Crippen molar-refractivity contribution in [3.8, 4) is 18.1 Å². The second kappa shape index (κ2) is 11.3. The van der Waals surface area contributed by atoms with Crippen molar-refractivity contribution < 1.29 is 14.3 Å². The number of pyridine rings is 1. The first-order valence-corrected chi connectivity index (χ1v) is 10.5. The van der Waals surface area contributed by atoms with Crippen LogP contribution in [0.1, 0.15) is 28.4 Å². The predicted molar refractivity (Wildman–Crippen MR) is 134 cm³/mol. The standard InChI is InChI=1S/C26H25N5O3/c1-5-19-12-15-24(27-16-19)29-26(33)22-8-7-9-23(34-4)25(22)31(18-32)21-13-10-20(11-14-21)17-28-30(3)6-2/h1,7-18H,6H2,2-4H3,(H,27,29,33). The van der Waals surface area contributed by atoms with E-state index in [9.17, 15) is 9.59 Å². The molecule has 0 aliphatic rings. The lowest BCUT2D eigenvalue weighted by atomic mass is 10.1. The van der Waals surface area contributed by atoms with E-state index in [0.29, 0.717) is 34.9 Å². The molecule has 0 fully saturated rings. The summed E-state index contributed by atoms with van der Waals surface area (Å²) in [6.07, 6.45) is 9.22. The fourth-order valence-corrected chi connectivity index (χ4v) is 3.07. The molecule has 172 valence electrons. The normalized spacial score (nSPS) is 10.4. The molecule has 0 radical (unpaired) electrons. The van der Waals surface area contributed by atoms with Gasteiger partial charge in [-0.05, 0) is 48.9 Å². The number of hydrazone groups is 1. The Morgan fingerprint density at radius 2 is 1.97 bits per heavy atom. The number of anilines is 3. The Labute approximate surface area is 198 Å². The summed E-state index contributed by atoms with van der Waals surface area (Å²) in [6.45, 7) is 2.79. The van der Waals surface area contributed by atoms with Crippen LogP contribution in [-0.4, -0.2) is 49.2 Å². The van der Waals surface area contributed by atoms with Gasteiger partial charge < -0.3 is 15.1 Å². The summed E-state index contributed by atoms with van der Waals surface area (Å²) >= 11 is 0. The quantitative estimate of drug-likeness (QED) is 0.229. The van der Waals surface area contributed by atoms with Gasteiger partial charge in [0.05, 0.1) is 18.9 Å². The number of methoxy groups -OCH3 is 1. The third kappa shape index (κ3) is 5.58. The number of hydrogen-bond donors (Lipinski definition) is 1. The minimum atomic E-state index is -0.451. The third-order valence-electron chi connectivity index (χ3n) is 5.01. The molecular weight excluding hydrogens is 430 g/mol. The van der Waals surface area contributed by atoms with Crippen LogP contribution in [0.2, 0.25) is 0 Å². The summed E-state index contributed by atoms with van der Waals surface area (Å²) in [7, 11) is 3.36. The van der Waals surface area contributed by atoms with E-state index in [1.807, 2.05) is 26.1 Å². The Kier molecular flexibility index (Phi) is 7.97. The summed E-state index contributed by atoms with van der Waals surface area (Å²) in [5, 5.41) is 8.86. The zero-order chi connectivity index (χ0) is 24.5. The third-order valence-corrected chi connectivity index (χ3v) is 5.01. The Balaban J connectivity index is 1.95. The monoisotopic (exact) mass is 455 g/mol. The number of carbonyl (C=O) groups excluding carboxylic acids is 2. The van der Waals surface area contributed by atoms with Crippen LogP contribution in [0.25, 0.3) is 0 Å². The second-order valence-electron chi connectivity index (χ2n) is 7.17. The molecule has 8 heteroatoms. The topological polar surface area (TPSA) is 87.1 Å². The van der Waals surface area contributed by atoms with Gasteiger partial charge in [0.15, 0.2) is 0 Å². The molecule has 0 saturated heterocycles. The fraction of sp³-hybridized carbons (Fsp3) is 0.154. The molecule has 0 atom stereocenters. The molecule has 0 unspecified atom stereocenters. The summed E-state index contributed by atoms with van der Waals surface area (Å²) in [4.78, 5) is 30.8. The van der Waals surface area contributed by atoms with Crippen molar-refractivity contribution in [2.24, 2.45) is 5.10 Å². The van der Waals surface area contributed by atoms with E-state index in [1.54, 1.807) is 53.7 Å². The van der Waals surface area contributed by atoms with Crippen molar-refractivity contribution >= 4 is 35.7 Å². The van der Waals surface area contributed by atoms with Crippen molar-refractivity contribution in [1.29, 1.82) is 0 Å². The number of hydrogen-bond acceptors (Lipinski definition) is 6. The van der Waals surface area contributed by atoms with Gasteiger partial charge >= 0.3 is 0 Å². The zero-order valence-electron chi connectivity index (χ0n) is 19.2. The lowest BCUT2D eigenvalue weighted by Gasteiger charge is -2.23. The summed E-state index contributed by atoms with van der Waals surface area (Å²) in [5.41, 5.74) is 2.58. The van der Waals surface area contributed by atoms with Gasteiger partial charge in [-0.25, -0.2) is 4.98 Å². The smallest absolute Gasteiger partial charge is 0.259 e. The number of nitrogens with zero attached hydrogens (tertiary/aromatic N) is 4. The van der Waals surface area contributed by atoms with Crippen molar-refractivity contribution in [3.63, 3.8) is 0 Å². The first-order valence-electron chi connectivity index (χ1n) is 10.5. The minimum Gasteiger partial charge on any atom is -0.495 e. The lowest BCUT2D eigenvalue weighted by Crippen LogP contribution is -2.21. The molecule has 2 amide bonds. The predicted octanol–water partition coefficient (Wildman–Crippen LogP) is 3.90. The van der Waals surface area contributed by atoms with Crippen LogP contribution in [0, 0.1) is 12.3 Å². The van der Waals surface area contributed by atoms with E-state index in [-0.39, 0.29) is 5.56 Å². The van der Waals surface area contributed by atoms with Crippen molar-refractivity contribution in [3.05, 3.63) is 77.5 Å². The molecule has 3 aromatic rings. The highest BCUT2D eigenvalue weighted by Gasteiger charge is 2.22. The number of nitrogens with one attached hydrogen (secondary N) is 1. The molecule has 8 nitrogen and oxygen atoms in total. The van der Waals surface area contributed by atoms with Crippen LogP contribution < -0.4 is 15.0 Å². The van der Waals surface area contributed by atoms with Gasteiger partial charge in [0.2, 0.25) is 6.41 Å². The van der Waals surface area contributed by atoms with E-state index in [4.69, 9.17) is 11.2 Å². The lowest BCUT2D eigenvalue weighted by molar-refractivity contribution is -0.106. The number of benzene rings is 2. The maximum atomic E-state index is 13.1. The van der Waals surface area contributed by atoms with Crippen molar-refractivity contribution in [2.75, 3.05) is 30.9 Å². The molecule has 3 rings (SSSR count). The van der Waals surface area contributed by atoms with Gasteiger partial charge in [-0.3, -0.25) is 14.5 Å². The maximum absolute atomic E-state index is 13.1. The van der Waals surface area contributed by atoms with E-state index >= 15 is 0 Å². The van der Waals surface area contributed by atoms with E-state index in [1.165, 1.54) is 18.2 Å². The fourth-order valence-electron chi connectivity index (χ4n) is 3.07. The molecule has 0 bridgehead atoms. The van der Waals surface area contributed by atoms with Crippen LogP contribution in [0.5, 0.6) is 5.75 Å². The van der Waals surface area contributed by atoms with Crippen molar-refractivity contribution in [1.82, 2.24) is 9.99 Å². The first-order chi connectivity index (χ1) is 16.5. The van der Waals surface area contributed by atoms with Crippen molar-refractivity contribution in [2.45, 2.75) is 6.92 Å². The molecule has 0 spiro atoms. The van der Waals surface area contributed by atoms with Crippen LogP contribution in [0.4, 0.5) is 17.2 Å². The zero-order valence-corrected chi connectivity index (χ0v) is 19.2.